The van der Waals surface area contributed by atoms with Crippen molar-refractivity contribution in [2.24, 2.45) is 5.73 Å². The Bertz CT molecular complexity index is 424. The van der Waals surface area contributed by atoms with E-state index in [0.29, 0.717) is 6.54 Å². The van der Waals surface area contributed by atoms with E-state index < -0.39 is 7.12 Å². The van der Waals surface area contributed by atoms with Crippen molar-refractivity contribution in [3.05, 3.63) is 23.3 Å². The fraction of sp³-hybridized carbons (Fsp3) is 0.455. The second kappa shape index (κ2) is 3.77. The van der Waals surface area contributed by atoms with Crippen LogP contribution < -0.4 is 15.9 Å². The van der Waals surface area contributed by atoms with Crippen molar-refractivity contribution in [2.45, 2.75) is 18.9 Å². The SMILES string of the molecule is NCC1OB(O)c2ccc3c(c21)OCCC3. The molecule has 0 saturated carbocycles. The van der Waals surface area contributed by atoms with Crippen LogP contribution in [0.5, 0.6) is 5.75 Å². The number of nitrogens with two attached hydrogens (primary N) is 1. The topological polar surface area (TPSA) is 64.7 Å². The van der Waals surface area contributed by atoms with Crippen molar-refractivity contribution in [3.8, 4) is 5.75 Å². The van der Waals surface area contributed by atoms with E-state index in [4.69, 9.17) is 15.1 Å². The summed E-state index contributed by atoms with van der Waals surface area (Å²) < 4.78 is 11.1. The van der Waals surface area contributed by atoms with E-state index in [2.05, 4.69) is 0 Å². The van der Waals surface area contributed by atoms with Crippen molar-refractivity contribution in [2.75, 3.05) is 13.2 Å². The maximum absolute atomic E-state index is 9.75. The van der Waals surface area contributed by atoms with Gasteiger partial charge in [0.15, 0.2) is 0 Å². The second-order valence-corrected chi connectivity index (χ2v) is 4.22. The fourth-order valence-corrected chi connectivity index (χ4v) is 2.48. The first-order chi connectivity index (χ1) is 7.81. The van der Waals surface area contributed by atoms with E-state index in [1.54, 1.807) is 0 Å². The minimum atomic E-state index is -0.862. The summed E-state index contributed by atoms with van der Waals surface area (Å²) in [7, 11) is -0.862. The number of hydrogen-bond acceptors (Lipinski definition) is 4. The van der Waals surface area contributed by atoms with Gasteiger partial charge in [-0.1, -0.05) is 12.1 Å². The molecule has 0 radical (unpaired) electrons. The molecule has 2 aliphatic heterocycles. The van der Waals surface area contributed by atoms with E-state index >= 15 is 0 Å². The zero-order valence-electron chi connectivity index (χ0n) is 8.98. The number of aryl methyl sites for hydroxylation is 1. The van der Waals surface area contributed by atoms with Crippen molar-refractivity contribution >= 4 is 12.6 Å². The quantitative estimate of drug-likeness (QED) is 0.638. The Labute approximate surface area is 94.5 Å². The molecule has 2 aliphatic rings. The zero-order valence-corrected chi connectivity index (χ0v) is 8.98. The van der Waals surface area contributed by atoms with Crippen LogP contribution in [0.25, 0.3) is 0 Å². The molecule has 0 aromatic heterocycles. The highest BCUT2D eigenvalue weighted by Gasteiger charge is 2.38. The average Bonchev–Trinajstić information content (AvgIpc) is 2.66. The third-order valence-corrected chi connectivity index (χ3v) is 3.24. The number of fused-ring (bicyclic) bond motifs is 3. The summed E-state index contributed by atoms with van der Waals surface area (Å²) in [4.78, 5) is 0. The molecule has 0 aliphatic carbocycles. The molecule has 3 N–H and O–H groups in total. The predicted molar refractivity (Wildman–Crippen MR) is 60.7 cm³/mol. The molecule has 1 aromatic rings. The van der Waals surface area contributed by atoms with Gasteiger partial charge in [-0.3, -0.25) is 0 Å². The van der Waals surface area contributed by atoms with Gasteiger partial charge in [-0.2, -0.15) is 0 Å². The van der Waals surface area contributed by atoms with Gasteiger partial charge in [-0.05, 0) is 23.9 Å². The standard InChI is InChI=1S/C11H14BNO3/c13-6-9-10-8(12(14)16-9)4-3-7-2-1-5-15-11(7)10/h3-4,9,14H,1-2,5-6,13H2. The van der Waals surface area contributed by atoms with Crippen molar-refractivity contribution in [1.82, 2.24) is 0 Å². The summed E-state index contributed by atoms with van der Waals surface area (Å²) in [6, 6.07) is 3.93. The Morgan fingerprint density at radius 2 is 2.38 bits per heavy atom. The Morgan fingerprint density at radius 1 is 1.50 bits per heavy atom. The molecule has 84 valence electrons. The van der Waals surface area contributed by atoms with Crippen molar-refractivity contribution < 1.29 is 14.4 Å². The van der Waals surface area contributed by atoms with Crippen molar-refractivity contribution in [3.63, 3.8) is 0 Å². The van der Waals surface area contributed by atoms with Gasteiger partial charge in [-0.15, -0.1) is 0 Å². The molecule has 2 heterocycles. The van der Waals surface area contributed by atoms with Gasteiger partial charge in [0.05, 0.1) is 12.7 Å². The molecule has 1 unspecified atom stereocenters. The molecule has 0 spiro atoms. The first-order valence-corrected chi connectivity index (χ1v) is 5.63. The van der Waals surface area contributed by atoms with Gasteiger partial charge in [0.2, 0.25) is 0 Å². The van der Waals surface area contributed by atoms with Crippen LogP contribution in [-0.2, 0) is 11.1 Å². The molecule has 0 saturated heterocycles. The first kappa shape index (κ1) is 10.1. The summed E-state index contributed by atoms with van der Waals surface area (Å²) in [6.07, 6.45) is 1.83. The largest absolute Gasteiger partial charge is 0.493 e. The van der Waals surface area contributed by atoms with E-state index in [-0.39, 0.29) is 6.10 Å². The first-order valence-electron chi connectivity index (χ1n) is 5.63. The maximum Gasteiger partial charge on any atom is 0.492 e. The van der Waals surface area contributed by atoms with E-state index in [1.165, 1.54) is 5.56 Å². The van der Waals surface area contributed by atoms with E-state index in [1.807, 2.05) is 12.1 Å². The summed E-state index contributed by atoms with van der Waals surface area (Å²) in [5, 5.41) is 9.75. The lowest BCUT2D eigenvalue weighted by Gasteiger charge is -2.22. The number of rotatable bonds is 1. The lowest BCUT2D eigenvalue weighted by Crippen LogP contribution is -2.28. The molecule has 0 amide bonds. The Hall–Kier alpha value is -1.04. The molecular weight excluding hydrogens is 205 g/mol. The highest BCUT2D eigenvalue weighted by atomic mass is 16.5. The van der Waals surface area contributed by atoms with Crippen LogP contribution in [0.3, 0.4) is 0 Å². The smallest absolute Gasteiger partial charge is 0.492 e. The monoisotopic (exact) mass is 219 g/mol. The predicted octanol–water partition coefficient (Wildman–Crippen LogP) is -0.271. The minimum Gasteiger partial charge on any atom is -0.493 e. The molecule has 3 rings (SSSR count). The van der Waals surface area contributed by atoms with Gasteiger partial charge in [0.25, 0.3) is 0 Å². The summed E-state index contributed by atoms with van der Waals surface area (Å²) in [5.74, 6) is 0.885. The third-order valence-electron chi connectivity index (χ3n) is 3.24. The summed E-state index contributed by atoms with van der Waals surface area (Å²) >= 11 is 0. The fourth-order valence-electron chi connectivity index (χ4n) is 2.48. The summed E-state index contributed by atoms with van der Waals surface area (Å²) in [6.45, 7) is 1.10. The molecule has 4 nitrogen and oxygen atoms in total. The van der Waals surface area contributed by atoms with Crippen molar-refractivity contribution in [1.29, 1.82) is 0 Å². The lowest BCUT2D eigenvalue weighted by molar-refractivity contribution is 0.190. The van der Waals surface area contributed by atoms with Crippen LogP contribution in [0, 0.1) is 0 Å². The van der Waals surface area contributed by atoms with Crippen LogP contribution in [0.2, 0.25) is 0 Å². The molecular formula is C11H14BNO3. The number of ether oxygens (including phenoxy) is 1. The highest BCUT2D eigenvalue weighted by Crippen LogP contribution is 2.36. The molecule has 5 heteroatoms. The summed E-state index contributed by atoms with van der Waals surface area (Å²) in [5.41, 5.74) is 8.60. The van der Waals surface area contributed by atoms with Crippen LogP contribution in [0.1, 0.15) is 23.7 Å². The van der Waals surface area contributed by atoms with Crippen LogP contribution in [-0.4, -0.2) is 25.3 Å². The van der Waals surface area contributed by atoms with E-state index in [9.17, 15) is 5.02 Å². The van der Waals surface area contributed by atoms with E-state index in [0.717, 1.165) is 36.2 Å². The highest BCUT2D eigenvalue weighted by molar-refractivity contribution is 6.61. The van der Waals surface area contributed by atoms with Gasteiger partial charge in [0, 0.05) is 12.1 Å². The molecule has 16 heavy (non-hydrogen) atoms. The molecule has 1 atom stereocenters. The average molecular weight is 219 g/mol. The Morgan fingerprint density at radius 3 is 3.19 bits per heavy atom. The second-order valence-electron chi connectivity index (χ2n) is 4.22. The Balaban J connectivity index is 2.15. The van der Waals surface area contributed by atoms with Gasteiger partial charge in [-0.25, -0.2) is 0 Å². The molecule has 1 aromatic carbocycles. The van der Waals surface area contributed by atoms with Gasteiger partial charge >= 0.3 is 7.12 Å². The minimum absolute atomic E-state index is 0.238. The number of hydrogen-bond donors (Lipinski definition) is 2. The van der Waals surface area contributed by atoms with Gasteiger partial charge < -0.3 is 20.1 Å². The maximum atomic E-state index is 9.75. The Kier molecular flexibility index (Phi) is 2.39. The van der Waals surface area contributed by atoms with Crippen LogP contribution in [0.15, 0.2) is 12.1 Å². The zero-order chi connectivity index (χ0) is 11.1. The van der Waals surface area contributed by atoms with Gasteiger partial charge in [0.1, 0.15) is 5.75 Å². The lowest BCUT2D eigenvalue weighted by atomic mass is 9.78. The molecule has 0 bridgehead atoms. The van der Waals surface area contributed by atoms with Crippen LogP contribution in [0.4, 0.5) is 0 Å². The molecule has 0 fully saturated rings. The van der Waals surface area contributed by atoms with Crippen LogP contribution >= 0.6 is 0 Å². The normalized spacial score (nSPS) is 22.6. The number of benzene rings is 1. The third kappa shape index (κ3) is 1.36.